The van der Waals surface area contributed by atoms with Crippen LogP contribution in [-0.4, -0.2) is 106 Å². The highest BCUT2D eigenvalue weighted by molar-refractivity contribution is 7.81. The number of aliphatic hydroxyl groups excluding tert-OH is 1. The summed E-state index contributed by atoms with van der Waals surface area (Å²) in [5.41, 5.74) is -1.08. The number of nitrogens with one attached hydrogen (secondary N) is 2. The molecule has 72 heavy (non-hydrogen) atoms. The minimum absolute atomic E-state index is 0.00712. The maximum atomic E-state index is 14.1. The molecule has 8 rings (SSSR count). The van der Waals surface area contributed by atoms with Crippen molar-refractivity contribution in [2.75, 3.05) is 36.2 Å². The van der Waals surface area contributed by atoms with Crippen molar-refractivity contribution in [3.63, 3.8) is 0 Å². The van der Waals surface area contributed by atoms with Crippen LogP contribution in [0.3, 0.4) is 0 Å². The van der Waals surface area contributed by atoms with Gasteiger partial charge >= 0.3 is 6.18 Å². The van der Waals surface area contributed by atoms with Gasteiger partial charge in [0.05, 0.1) is 65.6 Å². The number of thiocarbonyl (C=S) groups is 1. The van der Waals surface area contributed by atoms with E-state index in [1.54, 1.807) is 49.1 Å². The van der Waals surface area contributed by atoms with Gasteiger partial charge in [-0.05, 0) is 112 Å². The molecule has 0 unspecified atom stereocenters. The van der Waals surface area contributed by atoms with Gasteiger partial charge in [0.2, 0.25) is 17.7 Å². The normalized spacial score (nSPS) is 23.6. The molecule has 382 valence electrons. The number of ether oxygens (including phenoxy) is 3. The first kappa shape index (κ1) is 51.9. The second kappa shape index (κ2) is 19.9. The Hall–Kier alpha value is -6.40. The van der Waals surface area contributed by atoms with Gasteiger partial charge in [-0.25, -0.2) is 4.98 Å². The number of oxazole rings is 1. The lowest BCUT2D eigenvalue weighted by molar-refractivity contribution is -0.273. The quantitative estimate of drug-likeness (QED) is 0.102. The molecule has 5 atom stereocenters. The van der Waals surface area contributed by atoms with Crippen LogP contribution in [0.25, 0.3) is 11.3 Å². The number of anilines is 2. The van der Waals surface area contributed by atoms with E-state index in [0.29, 0.717) is 23.8 Å². The van der Waals surface area contributed by atoms with Crippen molar-refractivity contribution in [2.24, 2.45) is 11.3 Å². The van der Waals surface area contributed by atoms with Gasteiger partial charge in [0.25, 0.3) is 5.91 Å². The average molecular weight is 1010 g/mol. The fraction of sp³-hybridized carbons (Fsp3) is 0.481. The zero-order chi connectivity index (χ0) is 52.1. The van der Waals surface area contributed by atoms with Crippen LogP contribution < -0.4 is 25.2 Å². The minimum Gasteiger partial charge on any atom is -0.493 e. The van der Waals surface area contributed by atoms with E-state index in [1.165, 1.54) is 17.4 Å². The molecular formula is C52H58F3N7O9S. The molecule has 3 aromatic carbocycles. The third-order valence-corrected chi connectivity index (χ3v) is 14.2. The Morgan fingerprint density at radius 2 is 1.67 bits per heavy atom. The second-order valence-corrected chi connectivity index (χ2v) is 21.1. The number of alkyl halides is 3. The Morgan fingerprint density at radius 3 is 2.28 bits per heavy atom. The standard InChI is InChI=1S/C52H58F3N7O9S/c1-29(32-8-10-33(11-9-32)43-30(2)57-28-70-43)58-45(65)41-19-37(63)24-60(41)46(66)44(49(3,4)5)59-42(64)27-68-26-39-22-51(71-39)20-31(21-51)25-69-38-16-14-35(15-17-38)62-48(72)61(47(67)50(62,6)7)36-13-12-34(23-56)40(18-36)52(53,54)55/h8-18,28-29,31,37,39,41,44,63H,19-22,24-27H2,1-7H3,(H,58,65)(H,59,64)/t29-,31?,37+,39+,41-,44+,51?/m0/s1. The second-order valence-electron chi connectivity index (χ2n) is 20.8. The molecule has 0 bridgehead atoms. The van der Waals surface area contributed by atoms with Crippen LogP contribution in [0.5, 0.6) is 5.75 Å². The molecule has 3 saturated heterocycles. The summed E-state index contributed by atoms with van der Waals surface area (Å²) >= 11 is 5.65. The van der Waals surface area contributed by atoms with Gasteiger partial charge in [0.15, 0.2) is 17.3 Å². The van der Waals surface area contributed by atoms with Crippen LogP contribution in [0, 0.1) is 29.6 Å². The van der Waals surface area contributed by atoms with E-state index in [0.717, 1.165) is 53.1 Å². The number of hydrogen-bond acceptors (Lipinski definition) is 12. The summed E-state index contributed by atoms with van der Waals surface area (Å²) in [4.78, 5) is 62.7. The summed E-state index contributed by atoms with van der Waals surface area (Å²) in [7, 11) is 0. The van der Waals surface area contributed by atoms with Gasteiger partial charge in [-0.1, -0.05) is 45.0 Å². The van der Waals surface area contributed by atoms with Crippen molar-refractivity contribution in [1.29, 1.82) is 5.26 Å². The first-order valence-corrected chi connectivity index (χ1v) is 24.2. The third kappa shape index (κ3) is 10.6. The Bertz CT molecular complexity index is 2760. The summed E-state index contributed by atoms with van der Waals surface area (Å²) in [6.07, 6.45) is -2.19. The first-order valence-electron chi connectivity index (χ1n) is 23.8. The number of likely N-dealkylation sites (tertiary alicyclic amines) is 1. The number of carbonyl (C=O) groups excluding carboxylic acids is 4. The van der Waals surface area contributed by atoms with E-state index in [1.807, 2.05) is 58.9 Å². The summed E-state index contributed by atoms with van der Waals surface area (Å²) in [5.74, 6) is -0.447. The van der Waals surface area contributed by atoms with E-state index in [2.05, 4.69) is 15.6 Å². The number of halogens is 3. The molecule has 3 aliphatic heterocycles. The highest BCUT2D eigenvalue weighted by Gasteiger charge is 2.55. The number of rotatable bonds is 15. The molecule has 16 nitrogen and oxygen atoms in total. The fourth-order valence-electron chi connectivity index (χ4n) is 10.1. The molecule has 4 aliphatic rings. The molecule has 4 aromatic rings. The predicted octanol–water partition coefficient (Wildman–Crippen LogP) is 7.16. The van der Waals surface area contributed by atoms with Crippen LogP contribution in [0.15, 0.2) is 77.5 Å². The zero-order valence-corrected chi connectivity index (χ0v) is 41.9. The maximum Gasteiger partial charge on any atom is 0.417 e. The molecule has 1 saturated carbocycles. The van der Waals surface area contributed by atoms with Gasteiger partial charge in [-0.15, -0.1) is 0 Å². The molecular weight excluding hydrogens is 956 g/mol. The topological polar surface area (TPSA) is 200 Å². The predicted molar refractivity (Wildman–Crippen MR) is 261 cm³/mol. The largest absolute Gasteiger partial charge is 0.493 e. The number of aryl methyl sites for hydroxylation is 1. The number of carbonyl (C=O) groups is 4. The van der Waals surface area contributed by atoms with Crippen LogP contribution >= 0.6 is 12.2 Å². The number of nitriles is 1. The molecule has 1 aliphatic carbocycles. The number of hydrogen-bond donors (Lipinski definition) is 3. The Balaban J connectivity index is 0.764. The Kier molecular flexibility index (Phi) is 14.4. The van der Waals surface area contributed by atoms with Gasteiger partial charge in [-0.3, -0.25) is 24.1 Å². The van der Waals surface area contributed by atoms with Gasteiger partial charge in [0.1, 0.15) is 30.0 Å². The van der Waals surface area contributed by atoms with Crippen molar-refractivity contribution in [3.05, 3.63) is 95.5 Å². The molecule has 0 radical (unpaired) electrons. The van der Waals surface area contributed by atoms with Crippen molar-refractivity contribution in [3.8, 4) is 23.1 Å². The first-order chi connectivity index (χ1) is 33.9. The zero-order valence-electron chi connectivity index (χ0n) is 41.0. The van der Waals surface area contributed by atoms with E-state index in [4.69, 9.17) is 30.8 Å². The minimum atomic E-state index is -4.81. The lowest BCUT2D eigenvalue weighted by Crippen LogP contribution is -2.61. The smallest absolute Gasteiger partial charge is 0.417 e. The van der Waals surface area contributed by atoms with E-state index in [-0.39, 0.29) is 54.6 Å². The maximum absolute atomic E-state index is 14.1. The molecule has 4 heterocycles. The summed E-state index contributed by atoms with van der Waals surface area (Å²) < 4.78 is 64.8. The molecule has 1 spiro atoms. The Labute approximate surface area is 420 Å². The van der Waals surface area contributed by atoms with Crippen LogP contribution in [0.2, 0.25) is 0 Å². The highest BCUT2D eigenvalue weighted by Crippen LogP contribution is 2.51. The van der Waals surface area contributed by atoms with Crippen LogP contribution in [0.4, 0.5) is 24.5 Å². The fourth-order valence-corrected chi connectivity index (χ4v) is 10.6. The lowest BCUT2D eigenvalue weighted by atomic mass is 9.65. The molecule has 20 heteroatoms. The van der Waals surface area contributed by atoms with Crippen molar-refractivity contribution in [2.45, 2.75) is 122 Å². The van der Waals surface area contributed by atoms with E-state index in [9.17, 15) is 42.7 Å². The van der Waals surface area contributed by atoms with Crippen molar-refractivity contribution >= 4 is 52.3 Å². The Morgan fingerprint density at radius 1 is 1.00 bits per heavy atom. The monoisotopic (exact) mass is 1010 g/mol. The van der Waals surface area contributed by atoms with Gasteiger partial charge in [-0.2, -0.15) is 18.4 Å². The lowest BCUT2D eigenvalue weighted by Gasteiger charge is -2.57. The SMILES string of the molecule is Cc1ncoc1-c1ccc([C@H](C)NC(=O)[C@@H]2C[C@@H](O)CN2C(=O)[C@@H](NC(=O)COC[C@H]2CC3(CC(COc4ccc(N5C(=S)N(c6ccc(C#N)c(C(F)(F)F)c6)C(=O)C5(C)C)cc4)C3)O2)C(C)(C)C)cc1. The van der Waals surface area contributed by atoms with Crippen molar-refractivity contribution < 1.29 is 56.1 Å². The number of aliphatic hydroxyl groups is 1. The molecule has 1 aromatic heterocycles. The van der Waals surface area contributed by atoms with E-state index >= 15 is 0 Å². The van der Waals surface area contributed by atoms with Gasteiger partial charge < -0.3 is 44.2 Å². The average Bonchev–Trinajstić information content (AvgIpc) is 3.96. The number of aromatic nitrogens is 1. The number of benzene rings is 3. The highest BCUT2D eigenvalue weighted by atomic mass is 32.1. The molecule has 4 amide bonds. The number of nitrogens with zero attached hydrogens (tertiary/aromatic N) is 5. The number of β-amino-alcohol motifs (C(OH)–C–C–N with tert-alkyl or cyclic N) is 1. The molecule has 4 fully saturated rings. The van der Waals surface area contributed by atoms with Crippen LogP contribution in [0.1, 0.15) is 95.7 Å². The summed E-state index contributed by atoms with van der Waals surface area (Å²) in [6, 6.07) is 16.7. The third-order valence-electron chi connectivity index (χ3n) is 13.9. The van der Waals surface area contributed by atoms with Crippen molar-refractivity contribution in [1.82, 2.24) is 20.5 Å². The summed E-state index contributed by atoms with van der Waals surface area (Å²) in [5, 5.41) is 25.7. The summed E-state index contributed by atoms with van der Waals surface area (Å²) in [6.45, 7) is 12.6. The van der Waals surface area contributed by atoms with Gasteiger partial charge in [0, 0.05) is 30.6 Å². The molecule has 3 N–H and O–H groups in total. The van der Waals surface area contributed by atoms with E-state index < -0.39 is 76.1 Å². The van der Waals surface area contributed by atoms with Crippen LogP contribution in [-0.2, 0) is 34.8 Å². The number of amides is 4.